The zero-order valence-electron chi connectivity index (χ0n) is 15.4. The summed E-state index contributed by atoms with van der Waals surface area (Å²) in [6.45, 7) is 0. The molecule has 4 aromatic rings. The molecule has 9 nitrogen and oxygen atoms in total. The number of anilines is 2. The van der Waals surface area contributed by atoms with E-state index in [2.05, 4.69) is 20.4 Å². The van der Waals surface area contributed by atoms with Gasteiger partial charge in [0.2, 0.25) is 11.0 Å². The Morgan fingerprint density at radius 3 is 2.50 bits per heavy atom. The predicted molar refractivity (Wildman–Crippen MR) is 104 cm³/mol. The Morgan fingerprint density at radius 1 is 1.07 bits per heavy atom. The van der Waals surface area contributed by atoms with Crippen LogP contribution in [0.1, 0.15) is 0 Å². The number of halogens is 1. The summed E-state index contributed by atoms with van der Waals surface area (Å²) in [5.41, 5.74) is 1.58. The van der Waals surface area contributed by atoms with Gasteiger partial charge in [-0.1, -0.05) is 0 Å². The van der Waals surface area contributed by atoms with Gasteiger partial charge in [-0.05, 0) is 23.7 Å². The molecular weight excluding hydrogens is 384 g/mol. The molecule has 144 valence electrons. The number of imidazole rings is 1. The molecule has 1 N–H and O–H groups in total. The zero-order chi connectivity index (χ0) is 19.7. The lowest BCUT2D eigenvalue weighted by Gasteiger charge is -2.14. The molecule has 0 unspecified atom stereocenters. The Bertz CT molecular complexity index is 1110. The number of ether oxygens (including phenoxy) is 3. The summed E-state index contributed by atoms with van der Waals surface area (Å²) in [6, 6.07) is 7.41. The Labute approximate surface area is 165 Å². The van der Waals surface area contributed by atoms with Crippen LogP contribution < -0.4 is 19.5 Å². The molecule has 10 heteroatoms. The van der Waals surface area contributed by atoms with Crippen molar-refractivity contribution in [1.29, 1.82) is 0 Å². The van der Waals surface area contributed by atoms with Gasteiger partial charge < -0.3 is 24.1 Å². The largest absolute Gasteiger partial charge is 0.493 e. The number of fused-ring (bicyclic) bond motifs is 1. The van der Waals surface area contributed by atoms with Crippen LogP contribution in [0, 0.1) is 0 Å². The molecule has 3 aromatic heterocycles. The van der Waals surface area contributed by atoms with Crippen molar-refractivity contribution in [3.05, 3.63) is 48.3 Å². The van der Waals surface area contributed by atoms with E-state index in [1.165, 1.54) is 0 Å². The van der Waals surface area contributed by atoms with Gasteiger partial charge in [-0.3, -0.25) is 0 Å². The maximum atomic E-state index is 6.00. The summed E-state index contributed by atoms with van der Waals surface area (Å²) in [4.78, 5) is 8.63. The van der Waals surface area contributed by atoms with Gasteiger partial charge in [-0.2, -0.15) is 4.98 Å². The molecule has 0 aliphatic heterocycles. The first-order valence-electron chi connectivity index (χ1n) is 8.25. The zero-order valence-corrected chi connectivity index (χ0v) is 16.1. The van der Waals surface area contributed by atoms with Gasteiger partial charge in [-0.15, -0.1) is 5.10 Å². The number of nitrogens with one attached hydrogen (secondary N) is 1. The van der Waals surface area contributed by atoms with Crippen LogP contribution in [0.15, 0.2) is 43.0 Å². The van der Waals surface area contributed by atoms with Crippen LogP contribution >= 0.6 is 11.6 Å². The van der Waals surface area contributed by atoms with Gasteiger partial charge >= 0.3 is 0 Å². The van der Waals surface area contributed by atoms with Gasteiger partial charge in [0.05, 0.1) is 33.2 Å². The van der Waals surface area contributed by atoms with Crippen LogP contribution in [0.5, 0.6) is 17.2 Å². The molecule has 0 saturated heterocycles. The van der Waals surface area contributed by atoms with Crippen LogP contribution in [-0.2, 0) is 0 Å². The highest BCUT2D eigenvalue weighted by Gasteiger charge is 2.15. The highest BCUT2D eigenvalue weighted by atomic mass is 35.5. The highest BCUT2D eigenvalue weighted by molar-refractivity contribution is 6.28. The molecule has 0 saturated carbocycles. The fraction of sp³-hybridized carbons (Fsp3) is 0.167. The topological polar surface area (TPSA) is 87.7 Å². The number of aromatic nitrogens is 5. The molecule has 0 amide bonds. The van der Waals surface area contributed by atoms with Gasteiger partial charge in [-0.25, -0.2) is 9.50 Å². The van der Waals surface area contributed by atoms with E-state index in [-0.39, 0.29) is 5.28 Å². The van der Waals surface area contributed by atoms with Crippen LogP contribution in [0.25, 0.3) is 11.2 Å². The fourth-order valence-corrected chi connectivity index (χ4v) is 3.03. The minimum atomic E-state index is 0.134. The number of nitrogens with zero attached hydrogens (tertiary/aromatic N) is 5. The number of rotatable bonds is 6. The monoisotopic (exact) mass is 400 g/mol. The molecule has 0 aliphatic carbocycles. The average Bonchev–Trinajstić information content (AvgIpc) is 3.36. The Morgan fingerprint density at radius 2 is 1.82 bits per heavy atom. The van der Waals surface area contributed by atoms with E-state index < -0.39 is 0 Å². The minimum Gasteiger partial charge on any atom is -0.493 e. The minimum absolute atomic E-state index is 0.134. The van der Waals surface area contributed by atoms with Crippen molar-refractivity contribution in [3.8, 4) is 22.9 Å². The lowest BCUT2D eigenvalue weighted by Crippen LogP contribution is -2.01. The third-order valence-electron chi connectivity index (χ3n) is 4.14. The summed E-state index contributed by atoms with van der Waals surface area (Å²) in [5, 5.41) is 7.41. The Hall–Kier alpha value is -3.46. The molecule has 0 bridgehead atoms. The first-order chi connectivity index (χ1) is 13.6. The molecule has 0 spiro atoms. The highest BCUT2D eigenvalue weighted by Crippen LogP contribution is 2.39. The first kappa shape index (κ1) is 17.9. The lowest BCUT2D eigenvalue weighted by atomic mass is 10.2. The third kappa shape index (κ3) is 3.16. The van der Waals surface area contributed by atoms with Gasteiger partial charge in [0, 0.05) is 18.3 Å². The van der Waals surface area contributed by atoms with E-state index in [1.807, 2.05) is 35.0 Å². The van der Waals surface area contributed by atoms with Crippen LogP contribution in [0.4, 0.5) is 11.6 Å². The SMILES string of the molecule is COc1cc(-n2cnc(Nc3nc(Cl)nn4cccc34)c2)cc(OC)c1OC. The lowest BCUT2D eigenvalue weighted by molar-refractivity contribution is 0.324. The molecule has 1 aromatic carbocycles. The van der Waals surface area contributed by atoms with Crippen molar-refractivity contribution in [3.63, 3.8) is 0 Å². The third-order valence-corrected chi connectivity index (χ3v) is 4.30. The second-order valence-electron chi connectivity index (χ2n) is 5.74. The molecule has 0 radical (unpaired) electrons. The van der Waals surface area contributed by atoms with E-state index in [1.54, 1.807) is 38.4 Å². The summed E-state index contributed by atoms with van der Waals surface area (Å²) in [5.74, 6) is 2.78. The van der Waals surface area contributed by atoms with E-state index in [0.29, 0.717) is 28.9 Å². The number of hydrogen-bond acceptors (Lipinski definition) is 7. The van der Waals surface area contributed by atoms with Crippen molar-refractivity contribution in [2.45, 2.75) is 0 Å². The van der Waals surface area contributed by atoms with Gasteiger partial charge in [0.25, 0.3) is 0 Å². The van der Waals surface area contributed by atoms with E-state index in [4.69, 9.17) is 25.8 Å². The Balaban J connectivity index is 1.69. The standard InChI is InChI=1S/C18H17ClN6O3/c1-26-13-7-11(8-14(27-2)16(13)28-3)24-9-15(20-10-24)21-17-12-5-4-6-25(12)23-18(19)22-17/h4-10H,1-3H3,(H,21,22,23). The predicted octanol–water partition coefficient (Wildman–Crippen LogP) is 3.34. The number of hydrogen-bond donors (Lipinski definition) is 1. The smallest absolute Gasteiger partial charge is 0.243 e. The quantitative estimate of drug-likeness (QED) is 0.531. The summed E-state index contributed by atoms with van der Waals surface area (Å²) >= 11 is 6.00. The molecule has 0 fully saturated rings. The summed E-state index contributed by atoms with van der Waals surface area (Å²) in [6.07, 6.45) is 5.28. The van der Waals surface area contributed by atoms with Gasteiger partial charge in [0.15, 0.2) is 17.3 Å². The van der Waals surface area contributed by atoms with Crippen LogP contribution in [0.2, 0.25) is 5.28 Å². The number of methoxy groups -OCH3 is 3. The molecule has 3 heterocycles. The van der Waals surface area contributed by atoms with Crippen LogP contribution in [-0.4, -0.2) is 45.5 Å². The van der Waals surface area contributed by atoms with Crippen molar-refractivity contribution in [2.75, 3.05) is 26.6 Å². The molecule has 4 rings (SSSR count). The summed E-state index contributed by atoms with van der Waals surface area (Å²) < 4.78 is 19.6. The second-order valence-corrected chi connectivity index (χ2v) is 6.08. The molecule has 0 atom stereocenters. The molecule has 0 aliphatic rings. The van der Waals surface area contributed by atoms with Crippen molar-refractivity contribution in [2.24, 2.45) is 0 Å². The van der Waals surface area contributed by atoms with Crippen molar-refractivity contribution < 1.29 is 14.2 Å². The van der Waals surface area contributed by atoms with E-state index in [9.17, 15) is 0 Å². The fourth-order valence-electron chi connectivity index (χ4n) is 2.87. The second kappa shape index (κ2) is 7.28. The molecule has 28 heavy (non-hydrogen) atoms. The summed E-state index contributed by atoms with van der Waals surface area (Å²) in [7, 11) is 4.71. The number of benzene rings is 1. The van der Waals surface area contributed by atoms with Gasteiger partial charge in [0.1, 0.15) is 17.7 Å². The maximum absolute atomic E-state index is 6.00. The van der Waals surface area contributed by atoms with E-state index >= 15 is 0 Å². The normalized spacial score (nSPS) is 10.9. The average molecular weight is 401 g/mol. The van der Waals surface area contributed by atoms with Crippen molar-refractivity contribution in [1.82, 2.24) is 24.1 Å². The maximum Gasteiger partial charge on any atom is 0.243 e. The first-order valence-corrected chi connectivity index (χ1v) is 8.63. The molecular formula is C18H17ClN6O3. The van der Waals surface area contributed by atoms with Crippen LogP contribution in [0.3, 0.4) is 0 Å². The Kier molecular flexibility index (Phi) is 4.66. The van der Waals surface area contributed by atoms with E-state index in [0.717, 1.165) is 11.2 Å². The van der Waals surface area contributed by atoms with Crippen molar-refractivity contribution >= 4 is 28.8 Å².